The van der Waals surface area contributed by atoms with Crippen molar-refractivity contribution in [1.29, 1.82) is 0 Å². The summed E-state index contributed by atoms with van der Waals surface area (Å²) in [4.78, 5) is 4.22. The predicted molar refractivity (Wildman–Crippen MR) is 74.1 cm³/mol. The average molecular weight is 265 g/mol. The Hall–Kier alpha value is -1.34. The number of nitrogens with zero attached hydrogens (tertiary/aromatic N) is 1. The summed E-state index contributed by atoms with van der Waals surface area (Å²) in [5, 5.41) is 0. The molecule has 0 spiro atoms. The van der Waals surface area contributed by atoms with Gasteiger partial charge in [-0.2, -0.15) is 0 Å². The average Bonchev–Trinajstić information content (AvgIpc) is 2.25. The molecular weight excluding hydrogens is 246 g/mol. The Balaban J connectivity index is 3.00. The molecule has 1 aromatic heterocycles. The van der Waals surface area contributed by atoms with Gasteiger partial charge in [0.25, 0.3) is 0 Å². The molecule has 98 valence electrons. The minimum absolute atomic E-state index is 0.423. The molecule has 0 amide bonds. The van der Waals surface area contributed by atoms with E-state index in [2.05, 4.69) is 30.7 Å². The minimum Gasteiger partial charge on any atom is -0.248 e. The molecule has 1 aromatic rings. The Morgan fingerprint density at radius 3 is 2.28 bits per heavy atom. The number of pyridine rings is 1. The van der Waals surface area contributed by atoms with Gasteiger partial charge < -0.3 is 0 Å². The predicted octanol–water partition coefficient (Wildman–Crippen LogP) is 2.38. The van der Waals surface area contributed by atoms with Gasteiger partial charge in [-0.25, -0.2) is 13.4 Å². The highest BCUT2D eigenvalue weighted by Gasteiger charge is 2.27. The molecule has 0 N–H and O–H groups in total. The molecule has 4 heteroatoms. The number of hydrogen-bond donors (Lipinski definition) is 0. The van der Waals surface area contributed by atoms with Crippen LogP contribution in [0, 0.1) is 11.8 Å². The zero-order valence-electron chi connectivity index (χ0n) is 11.5. The van der Waals surface area contributed by atoms with Gasteiger partial charge in [-0.05, 0) is 37.3 Å². The van der Waals surface area contributed by atoms with Gasteiger partial charge in [0.15, 0.2) is 9.84 Å². The summed E-state index contributed by atoms with van der Waals surface area (Å²) < 4.78 is 21.9. The third-order valence-electron chi connectivity index (χ3n) is 2.87. The molecular formula is C14H19NO2S. The van der Waals surface area contributed by atoms with Crippen molar-refractivity contribution in [2.45, 2.75) is 38.4 Å². The first-order valence-electron chi connectivity index (χ1n) is 5.82. The van der Waals surface area contributed by atoms with Crippen LogP contribution in [0.25, 0.3) is 0 Å². The maximum Gasteiger partial charge on any atom is 0.163 e. The van der Waals surface area contributed by atoms with Crippen molar-refractivity contribution in [2.75, 3.05) is 6.26 Å². The van der Waals surface area contributed by atoms with Crippen LogP contribution in [0.1, 0.15) is 44.9 Å². The molecule has 18 heavy (non-hydrogen) atoms. The van der Waals surface area contributed by atoms with E-state index in [1.54, 1.807) is 20.0 Å². The van der Waals surface area contributed by atoms with Crippen molar-refractivity contribution in [3.05, 3.63) is 29.6 Å². The highest BCUT2D eigenvalue weighted by molar-refractivity contribution is 7.92. The van der Waals surface area contributed by atoms with E-state index in [4.69, 9.17) is 0 Å². The SMILES string of the molecule is CC(C)c1ccc(C#CC(C)(C)S(C)(=O)=O)nc1. The molecule has 3 nitrogen and oxygen atoms in total. The summed E-state index contributed by atoms with van der Waals surface area (Å²) in [6.07, 6.45) is 2.97. The van der Waals surface area contributed by atoms with Gasteiger partial charge in [0.2, 0.25) is 0 Å². The van der Waals surface area contributed by atoms with Gasteiger partial charge in [0.1, 0.15) is 10.4 Å². The van der Waals surface area contributed by atoms with E-state index in [1.165, 1.54) is 6.26 Å². The lowest BCUT2D eigenvalue weighted by atomic mass is 10.1. The molecule has 0 saturated heterocycles. The van der Waals surface area contributed by atoms with Crippen LogP contribution in [0.3, 0.4) is 0 Å². The van der Waals surface area contributed by atoms with E-state index >= 15 is 0 Å². The van der Waals surface area contributed by atoms with E-state index in [0.29, 0.717) is 11.6 Å². The summed E-state index contributed by atoms with van der Waals surface area (Å²) in [6.45, 7) is 7.37. The molecule has 0 unspecified atom stereocenters. The number of sulfone groups is 1. The van der Waals surface area contributed by atoms with E-state index in [-0.39, 0.29) is 0 Å². The topological polar surface area (TPSA) is 47.0 Å². The van der Waals surface area contributed by atoms with Crippen molar-refractivity contribution < 1.29 is 8.42 Å². The molecule has 0 fully saturated rings. The Bertz CT molecular complexity index is 572. The smallest absolute Gasteiger partial charge is 0.163 e. The zero-order valence-corrected chi connectivity index (χ0v) is 12.3. The van der Waals surface area contributed by atoms with Crippen molar-refractivity contribution >= 4 is 9.84 Å². The van der Waals surface area contributed by atoms with Crippen molar-refractivity contribution in [3.63, 3.8) is 0 Å². The molecule has 0 aliphatic carbocycles. The maximum atomic E-state index is 11.5. The fourth-order valence-corrected chi connectivity index (χ4v) is 1.36. The lowest BCUT2D eigenvalue weighted by Crippen LogP contribution is -2.28. The third-order valence-corrected chi connectivity index (χ3v) is 4.83. The largest absolute Gasteiger partial charge is 0.248 e. The number of aromatic nitrogens is 1. The van der Waals surface area contributed by atoms with Crippen LogP contribution in [0.2, 0.25) is 0 Å². The molecule has 1 heterocycles. The molecule has 0 aromatic carbocycles. The second-order valence-electron chi connectivity index (χ2n) is 5.16. The fourth-order valence-electron chi connectivity index (χ4n) is 1.13. The van der Waals surface area contributed by atoms with Crippen molar-refractivity contribution in [1.82, 2.24) is 4.98 Å². The van der Waals surface area contributed by atoms with Gasteiger partial charge in [-0.1, -0.05) is 25.8 Å². The van der Waals surface area contributed by atoms with E-state index in [1.807, 2.05) is 12.1 Å². The summed E-state index contributed by atoms with van der Waals surface area (Å²) in [5.74, 6) is 6.00. The molecule has 0 bridgehead atoms. The van der Waals surface area contributed by atoms with Gasteiger partial charge in [0, 0.05) is 12.5 Å². The highest BCUT2D eigenvalue weighted by Crippen LogP contribution is 2.14. The Morgan fingerprint density at radius 1 is 1.28 bits per heavy atom. The summed E-state index contributed by atoms with van der Waals surface area (Å²) in [7, 11) is -3.20. The first-order chi connectivity index (χ1) is 8.13. The van der Waals surface area contributed by atoms with Crippen molar-refractivity contribution in [3.8, 4) is 11.8 Å². The zero-order chi connectivity index (χ0) is 14.0. The maximum absolute atomic E-state index is 11.5. The highest BCUT2D eigenvalue weighted by atomic mass is 32.2. The van der Waals surface area contributed by atoms with Crippen LogP contribution in [0.4, 0.5) is 0 Å². The summed E-state index contributed by atoms with van der Waals surface area (Å²) >= 11 is 0. The second-order valence-corrected chi connectivity index (χ2v) is 7.73. The fraction of sp³-hybridized carbons (Fsp3) is 0.500. The van der Waals surface area contributed by atoms with Crippen molar-refractivity contribution in [2.24, 2.45) is 0 Å². The summed E-state index contributed by atoms with van der Waals surface area (Å²) in [6, 6.07) is 3.79. The van der Waals surface area contributed by atoms with Gasteiger partial charge >= 0.3 is 0 Å². The number of hydrogen-bond acceptors (Lipinski definition) is 3. The minimum atomic E-state index is -3.20. The molecule has 0 saturated carbocycles. The first-order valence-corrected chi connectivity index (χ1v) is 7.71. The second kappa shape index (κ2) is 5.11. The van der Waals surface area contributed by atoms with Crippen LogP contribution in [-0.2, 0) is 9.84 Å². The van der Waals surface area contributed by atoms with Crippen LogP contribution >= 0.6 is 0 Å². The van der Waals surface area contributed by atoms with Gasteiger partial charge in [0.05, 0.1) is 0 Å². The molecule has 0 atom stereocenters. The number of rotatable bonds is 2. The van der Waals surface area contributed by atoms with Crippen LogP contribution < -0.4 is 0 Å². The normalized spacial score (nSPS) is 12.1. The van der Waals surface area contributed by atoms with E-state index in [9.17, 15) is 8.42 Å². The Labute approximate surface area is 110 Å². The Kier molecular flexibility index (Phi) is 4.18. The summed E-state index contributed by atoms with van der Waals surface area (Å²) in [5.41, 5.74) is 1.74. The third kappa shape index (κ3) is 3.58. The standard InChI is InChI=1S/C14H19NO2S/c1-11(2)12-6-7-13(15-10-12)8-9-14(3,4)18(5,16)17/h6-7,10-11H,1-5H3. The van der Waals surface area contributed by atoms with E-state index < -0.39 is 14.6 Å². The molecule has 0 radical (unpaired) electrons. The monoisotopic (exact) mass is 265 g/mol. The molecule has 0 aliphatic rings. The lowest BCUT2D eigenvalue weighted by molar-refractivity contribution is 0.581. The van der Waals surface area contributed by atoms with Crippen LogP contribution in [0.5, 0.6) is 0 Å². The Morgan fingerprint density at radius 2 is 1.89 bits per heavy atom. The first kappa shape index (κ1) is 14.7. The quantitative estimate of drug-likeness (QED) is 0.771. The lowest BCUT2D eigenvalue weighted by Gasteiger charge is -2.14. The van der Waals surface area contributed by atoms with E-state index in [0.717, 1.165) is 5.56 Å². The molecule has 1 rings (SSSR count). The van der Waals surface area contributed by atoms with Crippen LogP contribution in [-0.4, -0.2) is 24.4 Å². The van der Waals surface area contributed by atoms with Crippen LogP contribution in [0.15, 0.2) is 18.3 Å². The molecule has 0 aliphatic heterocycles. The van der Waals surface area contributed by atoms with Gasteiger partial charge in [-0.15, -0.1) is 0 Å². The van der Waals surface area contributed by atoms with Gasteiger partial charge in [-0.3, -0.25) is 0 Å².